The zero-order chi connectivity index (χ0) is 21.2. The van der Waals surface area contributed by atoms with Crippen molar-refractivity contribution in [3.05, 3.63) is 58.1 Å². The van der Waals surface area contributed by atoms with E-state index in [1.165, 1.54) is 12.1 Å². The van der Waals surface area contributed by atoms with E-state index >= 15 is 0 Å². The molecule has 1 aliphatic heterocycles. The van der Waals surface area contributed by atoms with Crippen molar-refractivity contribution >= 4 is 46.4 Å². The molecule has 0 aliphatic carbocycles. The molecule has 3 rings (SSSR count). The fourth-order valence-electron chi connectivity index (χ4n) is 2.94. The molecule has 1 saturated heterocycles. The van der Waals surface area contributed by atoms with Gasteiger partial charge in [0.15, 0.2) is 0 Å². The Kier molecular flexibility index (Phi) is 6.24. The highest BCUT2D eigenvalue weighted by Gasteiger charge is 2.43. The highest BCUT2D eigenvalue weighted by Crippen LogP contribution is 2.25. The van der Waals surface area contributed by atoms with Crippen LogP contribution in [-0.2, 0) is 4.79 Å². The summed E-state index contributed by atoms with van der Waals surface area (Å²) in [6.07, 6.45) is -4.85. The smallest absolute Gasteiger partial charge is 0.368 e. The summed E-state index contributed by atoms with van der Waals surface area (Å²) in [6.45, 7) is 0.565. The second-order valence-corrected chi connectivity index (χ2v) is 7.22. The number of benzene rings is 2. The van der Waals surface area contributed by atoms with Crippen LogP contribution in [0.15, 0.2) is 42.5 Å². The quantitative estimate of drug-likeness (QED) is 0.758. The molecule has 0 bridgehead atoms. The monoisotopic (exact) mass is 445 g/mol. The van der Waals surface area contributed by atoms with Crippen LogP contribution >= 0.6 is 23.2 Å². The predicted octanol–water partition coefficient (Wildman–Crippen LogP) is 4.46. The van der Waals surface area contributed by atoms with Gasteiger partial charge in [-0.3, -0.25) is 9.59 Å². The van der Waals surface area contributed by atoms with Crippen LogP contribution in [-0.4, -0.2) is 49.1 Å². The molecule has 2 amide bonds. The summed E-state index contributed by atoms with van der Waals surface area (Å²) in [5.74, 6) is -2.16. The number of carbonyl (C=O) groups excluding carboxylic acids is 2. The Morgan fingerprint density at radius 3 is 2.07 bits per heavy atom. The Morgan fingerprint density at radius 1 is 0.897 bits per heavy atom. The van der Waals surface area contributed by atoms with E-state index in [9.17, 15) is 22.8 Å². The van der Waals surface area contributed by atoms with Crippen molar-refractivity contribution in [3.63, 3.8) is 0 Å². The maximum Gasteiger partial charge on any atom is 0.471 e. The van der Waals surface area contributed by atoms with Gasteiger partial charge in [0.2, 0.25) is 0 Å². The number of hydrogen-bond donors (Lipinski definition) is 1. The number of piperazine rings is 1. The lowest BCUT2D eigenvalue weighted by molar-refractivity contribution is -0.185. The Labute approximate surface area is 175 Å². The molecule has 2 aromatic carbocycles. The van der Waals surface area contributed by atoms with Crippen molar-refractivity contribution < 1.29 is 22.8 Å². The molecule has 154 valence electrons. The zero-order valence-corrected chi connectivity index (χ0v) is 16.5. The van der Waals surface area contributed by atoms with E-state index in [-0.39, 0.29) is 37.1 Å². The highest BCUT2D eigenvalue weighted by molar-refractivity contribution is 6.42. The van der Waals surface area contributed by atoms with Gasteiger partial charge in [0.1, 0.15) is 0 Å². The summed E-state index contributed by atoms with van der Waals surface area (Å²) in [7, 11) is 0. The first-order valence-electron chi connectivity index (χ1n) is 8.62. The van der Waals surface area contributed by atoms with E-state index < -0.39 is 12.1 Å². The van der Waals surface area contributed by atoms with Crippen LogP contribution in [0.3, 0.4) is 0 Å². The summed E-state index contributed by atoms with van der Waals surface area (Å²) in [4.78, 5) is 26.3. The third-order valence-electron chi connectivity index (χ3n) is 4.48. The maximum absolute atomic E-state index is 12.5. The van der Waals surface area contributed by atoms with E-state index in [1.54, 1.807) is 30.3 Å². The van der Waals surface area contributed by atoms with Crippen molar-refractivity contribution in [1.29, 1.82) is 0 Å². The van der Waals surface area contributed by atoms with E-state index in [2.05, 4.69) is 5.32 Å². The van der Waals surface area contributed by atoms with Gasteiger partial charge in [0.05, 0.1) is 10.0 Å². The van der Waals surface area contributed by atoms with Crippen LogP contribution in [0, 0.1) is 0 Å². The Bertz CT molecular complexity index is 912. The SMILES string of the molecule is O=C(Nc1ccc(N2CCN(C(=O)C(F)(F)F)CC2)cc1)c1ccc(Cl)c(Cl)c1. The average Bonchev–Trinajstić information content (AvgIpc) is 2.69. The van der Waals surface area contributed by atoms with Crippen molar-refractivity contribution in [3.8, 4) is 0 Å². The maximum atomic E-state index is 12.5. The minimum atomic E-state index is -4.85. The molecule has 0 radical (unpaired) electrons. The van der Waals surface area contributed by atoms with Gasteiger partial charge in [-0.2, -0.15) is 13.2 Å². The number of hydrogen-bond acceptors (Lipinski definition) is 3. The summed E-state index contributed by atoms with van der Waals surface area (Å²) < 4.78 is 37.5. The number of anilines is 2. The van der Waals surface area contributed by atoms with Crippen LogP contribution in [0.4, 0.5) is 24.5 Å². The molecule has 1 fully saturated rings. The average molecular weight is 446 g/mol. The number of carbonyl (C=O) groups is 2. The third kappa shape index (κ3) is 5.13. The van der Waals surface area contributed by atoms with Crippen LogP contribution in [0.1, 0.15) is 10.4 Å². The Morgan fingerprint density at radius 2 is 1.52 bits per heavy atom. The lowest BCUT2D eigenvalue weighted by atomic mass is 10.2. The van der Waals surface area contributed by atoms with Gasteiger partial charge in [-0.25, -0.2) is 0 Å². The third-order valence-corrected chi connectivity index (χ3v) is 5.22. The number of halogens is 5. The summed E-state index contributed by atoms with van der Waals surface area (Å²) in [5.41, 5.74) is 1.70. The molecule has 0 spiro atoms. The molecule has 1 heterocycles. The first-order chi connectivity index (χ1) is 13.6. The van der Waals surface area contributed by atoms with Crippen molar-refractivity contribution in [2.45, 2.75) is 6.18 Å². The fraction of sp³-hybridized carbons (Fsp3) is 0.263. The fourth-order valence-corrected chi connectivity index (χ4v) is 3.24. The van der Waals surface area contributed by atoms with Crippen LogP contribution in [0.25, 0.3) is 0 Å². The minimum Gasteiger partial charge on any atom is -0.368 e. The predicted molar refractivity (Wildman–Crippen MR) is 106 cm³/mol. The molecule has 29 heavy (non-hydrogen) atoms. The molecule has 1 aliphatic rings. The largest absolute Gasteiger partial charge is 0.471 e. The summed E-state index contributed by atoms with van der Waals surface area (Å²) >= 11 is 11.8. The van der Waals surface area contributed by atoms with E-state index in [1.807, 2.05) is 4.90 Å². The van der Waals surface area contributed by atoms with Crippen LogP contribution in [0.2, 0.25) is 10.0 Å². The zero-order valence-electron chi connectivity index (χ0n) is 15.0. The number of nitrogens with zero attached hydrogens (tertiary/aromatic N) is 2. The first-order valence-corrected chi connectivity index (χ1v) is 9.38. The Hall–Kier alpha value is -2.45. The lowest BCUT2D eigenvalue weighted by Crippen LogP contribution is -2.52. The van der Waals surface area contributed by atoms with Crippen molar-refractivity contribution in [2.24, 2.45) is 0 Å². The minimum absolute atomic E-state index is 0.00580. The molecule has 0 saturated carbocycles. The van der Waals surface area contributed by atoms with Gasteiger partial charge >= 0.3 is 12.1 Å². The van der Waals surface area contributed by atoms with Crippen molar-refractivity contribution in [2.75, 3.05) is 36.4 Å². The van der Waals surface area contributed by atoms with Crippen LogP contribution in [0.5, 0.6) is 0 Å². The normalized spacial score (nSPS) is 14.7. The molecule has 1 N–H and O–H groups in total. The highest BCUT2D eigenvalue weighted by atomic mass is 35.5. The Balaban J connectivity index is 1.59. The van der Waals surface area contributed by atoms with Gasteiger partial charge in [-0.1, -0.05) is 23.2 Å². The van der Waals surface area contributed by atoms with E-state index in [0.717, 1.165) is 10.6 Å². The van der Waals surface area contributed by atoms with Gasteiger partial charge < -0.3 is 15.1 Å². The second-order valence-electron chi connectivity index (χ2n) is 6.41. The topological polar surface area (TPSA) is 52.7 Å². The standard InChI is InChI=1S/C19H16Cl2F3N3O2/c20-15-6-1-12(11-16(15)21)17(28)25-13-2-4-14(5-3-13)26-7-9-27(10-8-26)18(29)19(22,23)24/h1-6,11H,7-10H2,(H,25,28). The molecular weight excluding hydrogens is 430 g/mol. The van der Waals surface area contributed by atoms with E-state index in [4.69, 9.17) is 23.2 Å². The number of amides is 2. The molecular formula is C19H16Cl2F3N3O2. The second kappa shape index (κ2) is 8.51. The van der Waals surface area contributed by atoms with Gasteiger partial charge in [0, 0.05) is 43.1 Å². The molecule has 0 unspecified atom stereocenters. The number of rotatable bonds is 3. The molecule has 0 aromatic heterocycles. The van der Waals surface area contributed by atoms with Gasteiger partial charge in [-0.15, -0.1) is 0 Å². The first kappa shape index (κ1) is 21.3. The molecule has 10 heteroatoms. The molecule has 2 aromatic rings. The van der Waals surface area contributed by atoms with Gasteiger partial charge in [0.25, 0.3) is 5.91 Å². The summed E-state index contributed by atoms with van der Waals surface area (Å²) in [6, 6.07) is 11.5. The molecule has 5 nitrogen and oxygen atoms in total. The van der Waals surface area contributed by atoms with Crippen LogP contribution < -0.4 is 10.2 Å². The van der Waals surface area contributed by atoms with E-state index in [0.29, 0.717) is 16.3 Å². The molecule has 0 atom stereocenters. The number of nitrogens with one attached hydrogen (secondary N) is 1. The lowest BCUT2D eigenvalue weighted by Gasteiger charge is -2.36. The van der Waals surface area contributed by atoms with Crippen molar-refractivity contribution in [1.82, 2.24) is 4.90 Å². The van der Waals surface area contributed by atoms with Gasteiger partial charge in [-0.05, 0) is 42.5 Å². The summed E-state index contributed by atoms with van der Waals surface area (Å²) in [5, 5.41) is 3.36. The number of alkyl halides is 3.